The Hall–Kier alpha value is -3.06. The van der Waals surface area contributed by atoms with Gasteiger partial charge in [0.05, 0.1) is 38.4 Å². The number of nitrogens with two attached hydrogens (primary N) is 1. The molecular weight excluding hydrogens is 694 g/mol. The zero-order chi connectivity index (χ0) is 32.7. The minimum atomic E-state index is -4.00. The molecule has 1 aliphatic carbocycles. The average Bonchev–Trinajstić information content (AvgIpc) is 3.81. The maximum absolute atomic E-state index is 13.7. The van der Waals surface area contributed by atoms with E-state index < -0.39 is 37.9 Å². The van der Waals surface area contributed by atoms with Gasteiger partial charge in [-0.05, 0) is 12.3 Å². The molecule has 7 heterocycles. The van der Waals surface area contributed by atoms with Crippen molar-refractivity contribution in [2.75, 3.05) is 25.6 Å². The van der Waals surface area contributed by atoms with Crippen molar-refractivity contribution >= 4 is 72.0 Å². The van der Waals surface area contributed by atoms with E-state index in [0.717, 1.165) is 0 Å². The molecule has 22 heteroatoms. The lowest BCUT2D eigenvalue weighted by Gasteiger charge is -2.45. The molecule has 1 saturated carbocycles. The summed E-state index contributed by atoms with van der Waals surface area (Å²) in [5.74, 6) is -0.786. The predicted octanol–water partition coefficient (Wildman–Crippen LogP) is 3.61. The molecule has 3 fully saturated rings. The quantitative estimate of drug-likeness (QED) is 0.119. The van der Waals surface area contributed by atoms with Crippen LogP contribution < -0.4 is 5.73 Å². The Morgan fingerprint density at radius 1 is 0.979 bits per heavy atom. The zero-order valence-electron chi connectivity index (χ0n) is 24.2. The van der Waals surface area contributed by atoms with Crippen LogP contribution in [0.5, 0.6) is 5.88 Å². The highest BCUT2D eigenvalue weighted by Gasteiger charge is 2.51. The van der Waals surface area contributed by atoms with E-state index in [1.54, 1.807) is 27.7 Å². The van der Waals surface area contributed by atoms with Crippen molar-refractivity contribution in [1.82, 2.24) is 43.4 Å². The number of nitrogens with zero attached hydrogens (tertiary/aromatic N) is 9. The van der Waals surface area contributed by atoms with Gasteiger partial charge < -0.3 is 29.2 Å². The van der Waals surface area contributed by atoms with Gasteiger partial charge in [-0.3, -0.25) is 18.0 Å². The summed E-state index contributed by atoms with van der Waals surface area (Å²) in [6, 6.07) is -0.256. The van der Waals surface area contributed by atoms with Crippen LogP contribution in [0.2, 0.25) is 0 Å². The van der Waals surface area contributed by atoms with Crippen LogP contribution in [0, 0.1) is 17.8 Å². The molecule has 2 aliphatic heterocycles. The second-order valence-corrected chi connectivity index (χ2v) is 17.2. The fourth-order valence-corrected chi connectivity index (χ4v) is 9.22. The van der Waals surface area contributed by atoms with Crippen LogP contribution in [0.4, 0.5) is 5.82 Å². The Labute approximate surface area is 276 Å². The number of aromatic hydroxyl groups is 1. The third kappa shape index (κ3) is 5.35. The minimum Gasteiger partial charge on any atom is -0.493 e. The van der Waals surface area contributed by atoms with Crippen molar-refractivity contribution in [3.8, 4) is 5.88 Å². The highest BCUT2D eigenvalue weighted by atomic mass is 32.7. The van der Waals surface area contributed by atoms with Crippen LogP contribution in [0.1, 0.15) is 18.7 Å². The molecule has 0 amide bonds. The normalized spacial score (nSPS) is 35.1. The minimum absolute atomic E-state index is 0.0123. The second-order valence-electron chi connectivity index (χ2n) is 11.4. The van der Waals surface area contributed by atoms with Crippen molar-refractivity contribution in [1.29, 1.82) is 0 Å². The van der Waals surface area contributed by atoms with Crippen LogP contribution in [-0.2, 0) is 32.0 Å². The fourth-order valence-electron chi connectivity index (χ4n) is 6.50. The molecule has 8 rings (SSSR count). The van der Waals surface area contributed by atoms with Crippen molar-refractivity contribution in [3.63, 3.8) is 0 Å². The van der Waals surface area contributed by atoms with Crippen LogP contribution >= 0.6 is 38.1 Å². The molecule has 18 nitrogen and oxygen atoms in total. The summed E-state index contributed by atoms with van der Waals surface area (Å²) in [5, 5.41) is 10.7. The number of thiol groups is 2. The molecule has 3 N–H and O–H groups in total. The first-order valence-corrected chi connectivity index (χ1v) is 19.8. The maximum atomic E-state index is 13.7. The molecule has 9 atom stereocenters. The standard InChI is InChI=1S/C25H28N10O8P2S2/c1-2-13-19-16(42-24(13)35-11-30-17-20(26)28-9-29-21(17)35)8-41-44(37,46)40-7-14-12(6-39-45(38,47)43-19)5-15(14)34-10-31-18-22(34)32-25-27-3-4-33(25)23(18)36/h2-4,9-16,19,24,36H,1,5-8H2,(H,37,46)(H,38,47)(H2,26,28,29)/t12-,13-,14-,15-,16-,19+,24-,44+,45-/m1/s1. The summed E-state index contributed by atoms with van der Waals surface area (Å²) in [4.78, 5) is 25.7. The van der Waals surface area contributed by atoms with Gasteiger partial charge in [-0.1, -0.05) is 30.6 Å². The molecule has 5 aromatic heterocycles. The molecule has 0 unspecified atom stereocenters. The highest BCUT2D eigenvalue weighted by Crippen LogP contribution is 2.61. The number of anilines is 1. The molecule has 0 spiro atoms. The van der Waals surface area contributed by atoms with Gasteiger partial charge >= 0.3 is 13.6 Å². The summed E-state index contributed by atoms with van der Waals surface area (Å²) in [6.07, 6.45) is 6.87. The van der Waals surface area contributed by atoms with Gasteiger partial charge in [-0.15, -0.1) is 6.58 Å². The van der Waals surface area contributed by atoms with Gasteiger partial charge in [0.25, 0.3) is 0 Å². The predicted molar refractivity (Wildman–Crippen MR) is 172 cm³/mol. The topological polar surface area (TPSA) is 218 Å². The lowest BCUT2D eigenvalue weighted by Crippen LogP contribution is -2.43. The first kappa shape index (κ1) is 31.2. The van der Waals surface area contributed by atoms with Gasteiger partial charge in [0.15, 0.2) is 22.6 Å². The highest BCUT2D eigenvalue weighted by molar-refractivity contribution is 8.44. The van der Waals surface area contributed by atoms with E-state index in [2.05, 4.69) is 61.0 Å². The van der Waals surface area contributed by atoms with Crippen LogP contribution in [0.15, 0.2) is 44.0 Å². The number of hydrogen-bond donors (Lipinski definition) is 4. The fraction of sp³-hybridized carbons (Fsp3) is 0.440. The van der Waals surface area contributed by atoms with Crippen LogP contribution in [0.25, 0.3) is 28.1 Å². The third-order valence-corrected chi connectivity index (χ3v) is 12.2. The first-order chi connectivity index (χ1) is 22.5. The molecule has 5 aromatic rings. The maximum Gasteiger partial charge on any atom is 0.386 e. The molecule has 47 heavy (non-hydrogen) atoms. The summed E-state index contributed by atoms with van der Waals surface area (Å²) in [5.41, 5.74) is 7.44. The summed E-state index contributed by atoms with van der Waals surface area (Å²) in [6.45, 7) is -4.38. The Bertz CT molecular complexity index is 2130. The van der Waals surface area contributed by atoms with Crippen molar-refractivity contribution in [3.05, 3.63) is 44.0 Å². The van der Waals surface area contributed by atoms with E-state index >= 15 is 0 Å². The number of aromatic nitrogens is 9. The van der Waals surface area contributed by atoms with E-state index in [9.17, 15) is 14.2 Å². The van der Waals surface area contributed by atoms with Crippen LogP contribution in [0.3, 0.4) is 0 Å². The number of fused-ring (bicyclic) bond motifs is 5. The summed E-state index contributed by atoms with van der Waals surface area (Å²) >= 11 is 8.54. The molecule has 0 aromatic carbocycles. The Balaban J connectivity index is 1.07. The largest absolute Gasteiger partial charge is 0.493 e. The summed E-state index contributed by atoms with van der Waals surface area (Å²) in [7, 11) is 0. The van der Waals surface area contributed by atoms with Crippen molar-refractivity contribution < 1.29 is 37.1 Å². The Kier molecular flexibility index (Phi) is 7.66. The van der Waals surface area contributed by atoms with E-state index in [1.165, 1.54) is 23.3 Å². The molecule has 248 valence electrons. The average molecular weight is 723 g/mol. The number of ether oxygens (including phenoxy) is 1. The smallest absolute Gasteiger partial charge is 0.386 e. The monoisotopic (exact) mass is 722 g/mol. The van der Waals surface area contributed by atoms with Crippen molar-refractivity contribution in [2.24, 2.45) is 17.8 Å². The van der Waals surface area contributed by atoms with Gasteiger partial charge in [-0.2, -0.15) is 4.98 Å². The van der Waals surface area contributed by atoms with Gasteiger partial charge in [0, 0.05) is 24.4 Å². The van der Waals surface area contributed by atoms with Gasteiger partial charge in [0.1, 0.15) is 30.3 Å². The lowest BCUT2D eigenvalue weighted by atomic mass is 9.70. The van der Waals surface area contributed by atoms with E-state index in [0.29, 0.717) is 34.5 Å². The first-order valence-electron chi connectivity index (χ1n) is 14.4. The van der Waals surface area contributed by atoms with E-state index in [1.807, 2.05) is 0 Å². The molecule has 0 bridgehead atoms. The second kappa shape index (κ2) is 11.5. The van der Waals surface area contributed by atoms with Crippen LogP contribution in [-0.4, -0.2) is 80.6 Å². The molecule has 0 radical (unpaired) electrons. The number of rotatable bonds is 3. The summed E-state index contributed by atoms with van der Waals surface area (Å²) < 4.78 is 61.7. The number of nitrogen functional groups attached to an aromatic ring is 1. The SMILES string of the molecule is C=C[C@@H]1[C@@H]2O[P@](=O)(S)OC[C@H]3C[C@@H](n4cnc5c(O)n6ccnc6nc54)[C@@H]3CO[P@](=O)(S)OC[C@H]2O[C@H]1n1cnc2c(N)ncnc21. The zero-order valence-corrected chi connectivity index (χ0v) is 27.8. The van der Waals surface area contributed by atoms with Gasteiger partial charge in [0.2, 0.25) is 11.7 Å². The Morgan fingerprint density at radius 3 is 2.57 bits per heavy atom. The van der Waals surface area contributed by atoms with E-state index in [-0.39, 0.29) is 49.4 Å². The number of imidazole rings is 3. The van der Waals surface area contributed by atoms with Crippen molar-refractivity contribution in [2.45, 2.75) is 30.9 Å². The molecule has 2 saturated heterocycles. The molecular formula is C25H28N10O8P2S2. The van der Waals surface area contributed by atoms with E-state index in [4.69, 9.17) is 28.6 Å². The lowest BCUT2D eigenvalue weighted by molar-refractivity contribution is -0.0381. The Morgan fingerprint density at radius 2 is 1.74 bits per heavy atom. The third-order valence-electron chi connectivity index (χ3n) is 8.90. The molecule has 3 aliphatic rings. The number of hydrogen-bond acceptors (Lipinski definition) is 15. The van der Waals surface area contributed by atoms with Gasteiger partial charge in [-0.25, -0.2) is 34.0 Å².